The van der Waals surface area contributed by atoms with Crippen molar-refractivity contribution in [3.05, 3.63) is 78.2 Å². The van der Waals surface area contributed by atoms with E-state index in [-0.39, 0.29) is 55.1 Å². The molecule has 38 heavy (non-hydrogen) atoms. The molecule has 13 heteroatoms. The van der Waals surface area contributed by atoms with Crippen LogP contribution in [0.1, 0.15) is 29.0 Å². The monoisotopic (exact) mass is 517 g/mol. The van der Waals surface area contributed by atoms with Crippen LogP contribution in [0.25, 0.3) is 11.3 Å². The molecule has 0 aliphatic carbocycles. The minimum atomic E-state index is -1.19. The Balaban J connectivity index is 1.16. The van der Waals surface area contributed by atoms with E-state index in [2.05, 4.69) is 31.4 Å². The van der Waals surface area contributed by atoms with Crippen molar-refractivity contribution >= 4 is 35.1 Å². The Morgan fingerprint density at radius 2 is 1.55 bits per heavy atom. The summed E-state index contributed by atoms with van der Waals surface area (Å²) in [6.45, 7) is 0.0756. The molecule has 0 saturated carbocycles. The van der Waals surface area contributed by atoms with Crippen molar-refractivity contribution in [1.29, 1.82) is 0 Å². The molecule has 2 heterocycles. The van der Waals surface area contributed by atoms with E-state index in [9.17, 15) is 19.2 Å². The highest BCUT2D eigenvalue weighted by molar-refractivity contribution is 5.93. The van der Waals surface area contributed by atoms with Gasteiger partial charge >= 0.3 is 5.97 Å². The Kier molecular flexibility index (Phi) is 8.18. The van der Waals surface area contributed by atoms with E-state index in [0.717, 1.165) is 0 Å². The van der Waals surface area contributed by atoms with Crippen LogP contribution in [0.3, 0.4) is 0 Å². The smallest absolute Gasteiger partial charge is 0.358 e. The molecule has 194 valence electrons. The molecular weight excluding hydrogens is 494 g/mol. The average Bonchev–Trinajstić information content (AvgIpc) is 3.57. The SMILES string of the molecule is O=C(CCC(=O)Nc1ccc(-c2cc(C(=O)O)no2)cc1)NCc1cn(CC(=O)Nc2ccccc2)nn1. The van der Waals surface area contributed by atoms with Gasteiger partial charge in [-0.3, -0.25) is 14.4 Å². The number of rotatable bonds is 11. The third-order valence-electron chi connectivity index (χ3n) is 5.18. The van der Waals surface area contributed by atoms with Crippen LogP contribution in [0.2, 0.25) is 0 Å². The first-order valence-electron chi connectivity index (χ1n) is 11.5. The van der Waals surface area contributed by atoms with Gasteiger partial charge in [0.25, 0.3) is 0 Å². The van der Waals surface area contributed by atoms with Gasteiger partial charge in [0.2, 0.25) is 17.7 Å². The first-order valence-corrected chi connectivity index (χ1v) is 11.5. The van der Waals surface area contributed by atoms with E-state index in [1.54, 1.807) is 42.6 Å². The molecule has 4 rings (SSSR count). The predicted molar refractivity (Wildman–Crippen MR) is 134 cm³/mol. The van der Waals surface area contributed by atoms with Crippen molar-refractivity contribution in [3.63, 3.8) is 0 Å². The van der Waals surface area contributed by atoms with Crippen molar-refractivity contribution in [2.75, 3.05) is 10.6 Å². The quantitative estimate of drug-likeness (QED) is 0.232. The second kappa shape index (κ2) is 12.1. The molecule has 0 spiro atoms. The van der Waals surface area contributed by atoms with Crippen LogP contribution in [0, 0.1) is 0 Å². The van der Waals surface area contributed by atoms with Gasteiger partial charge in [-0.2, -0.15) is 0 Å². The number of aromatic nitrogens is 4. The Morgan fingerprint density at radius 3 is 2.26 bits per heavy atom. The summed E-state index contributed by atoms with van der Waals surface area (Å²) in [6, 6.07) is 16.9. The van der Waals surface area contributed by atoms with Gasteiger partial charge in [0, 0.05) is 35.8 Å². The molecule has 0 atom stereocenters. The number of anilines is 2. The number of carbonyl (C=O) groups excluding carboxylic acids is 3. The van der Waals surface area contributed by atoms with Crippen molar-refractivity contribution in [2.45, 2.75) is 25.9 Å². The lowest BCUT2D eigenvalue weighted by molar-refractivity contribution is -0.124. The largest absolute Gasteiger partial charge is 0.476 e. The van der Waals surface area contributed by atoms with E-state index in [1.165, 1.54) is 10.7 Å². The zero-order chi connectivity index (χ0) is 26.9. The fraction of sp³-hybridized carbons (Fsp3) is 0.160. The second-order valence-electron chi connectivity index (χ2n) is 8.11. The zero-order valence-electron chi connectivity index (χ0n) is 20.0. The van der Waals surface area contributed by atoms with E-state index >= 15 is 0 Å². The standard InChI is InChI=1S/C25H23N7O6/c33-22(26-13-19-14-32(31-29-19)15-24(35)28-17-4-2-1-3-5-17)10-11-23(34)27-18-8-6-16(7-9-18)21-12-20(25(36)37)30-38-21/h1-9,12,14H,10-11,13,15H2,(H,26,33)(H,27,34)(H,28,35)(H,36,37). The maximum absolute atomic E-state index is 12.2. The van der Waals surface area contributed by atoms with Crippen LogP contribution >= 0.6 is 0 Å². The number of carboxylic acid groups (broad SMARTS) is 1. The lowest BCUT2D eigenvalue weighted by Crippen LogP contribution is -2.24. The van der Waals surface area contributed by atoms with E-state index in [0.29, 0.717) is 22.6 Å². The highest BCUT2D eigenvalue weighted by atomic mass is 16.5. The summed E-state index contributed by atoms with van der Waals surface area (Å²) in [6.07, 6.45) is 1.49. The maximum Gasteiger partial charge on any atom is 0.358 e. The van der Waals surface area contributed by atoms with Gasteiger partial charge in [-0.25, -0.2) is 9.48 Å². The number of amides is 3. The molecule has 0 aliphatic heterocycles. The zero-order valence-corrected chi connectivity index (χ0v) is 20.0. The number of hydrogen-bond acceptors (Lipinski definition) is 8. The highest BCUT2D eigenvalue weighted by Gasteiger charge is 2.13. The van der Waals surface area contributed by atoms with Crippen molar-refractivity contribution in [2.24, 2.45) is 0 Å². The molecule has 4 aromatic rings. The fourth-order valence-electron chi connectivity index (χ4n) is 3.32. The number of carbonyl (C=O) groups is 4. The van der Waals surface area contributed by atoms with Gasteiger partial charge in [0.1, 0.15) is 12.2 Å². The van der Waals surface area contributed by atoms with Crippen molar-refractivity contribution in [3.8, 4) is 11.3 Å². The molecule has 0 aliphatic rings. The number of benzene rings is 2. The highest BCUT2D eigenvalue weighted by Crippen LogP contribution is 2.22. The number of para-hydroxylation sites is 1. The summed E-state index contributed by atoms with van der Waals surface area (Å²) in [4.78, 5) is 47.4. The summed E-state index contributed by atoms with van der Waals surface area (Å²) < 4.78 is 6.37. The van der Waals surface area contributed by atoms with Crippen molar-refractivity contribution in [1.82, 2.24) is 25.5 Å². The van der Waals surface area contributed by atoms with Crippen molar-refractivity contribution < 1.29 is 28.8 Å². The topological polar surface area (TPSA) is 181 Å². The number of carboxylic acids is 1. The Bertz CT molecular complexity index is 1430. The van der Waals surface area contributed by atoms with Gasteiger partial charge in [0.05, 0.1) is 12.7 Å². The summed E-state index contributed by atoms with van der Waals surface area (Å²) in [5.74, 6) is -1.86. The predicted octanol–water partition coefficient (Wildman–Crippen LogP) is 2.31. The van der Waals surface area contributed by atoms with Crippen LogP contribution in [-0.4, -0.2) is 48.9 Å². The molecule has 0 radical (unpaired) electrons. The number of hydrogen-bond donors (Lipinski definition) is 4. The molecule has 0 bridgehead atoms. The van der Waals surface area contributed by atoms with E-state index in [1.807, 2.05) is 18.2 Å². The first-order chi connectivity index (χ1) is 18.4. The van der Waals surface area contributed by atoms with Gasteiger partial charge < -0.3 is 25.6 Å². The van der Waals surface area contributed by atoms with Gasteiger partial charge in [-0.1, -0.05) is 28.6 Å². The third-order valence-corrected chi connectivity index (χ3v) is 5.18. The normalized spacial score (nSPS) is 10.5. The summed E-state index contributed by atoms with van der Waals surface area (Å²) in [5.41, 5.74) is 2.04. The van der Waals surface area contributed by atoms with Gasteiger partial charge in [0.15, 0.2) is 11.5 Å². The van der Waals surface area contributed by atoms with E-state index in [4.69, 9.17) is 9.63 Å². The second-order valence-corrected chi connectivity index (χ2v) is 8.11. The number of nitrogens with zero attached hydrogens (tertiary/aromatic N) is 4. The Labute approximate surface area is 215 Å². The molecule has 0 fully saturated rings. The first kappa shape index (κ1) is 25.8. The fourth-order valence-corrected chi connectivity index (χ4v) is 3.32. The molecule has 0 unspecified atom stereocenters. The molecule has 3 amide bonds. The molecule has 2 aromatic heterocycles. The van der Waals surface area contributed by atoms with Crippen LogP contribution in [0.15, 0.2) is 71.4 Å². The molecule has 2 aromatic carbocycles. The summed E-state index contributed by atoms with van der Waals surface area (Å²) in [5, 5.41) is 28.3. The van der Waals surface area contributed by atoms with Gasteiger partial charge in [-0.05, 0) is 36.4 Å². The lowest BCUT2D eigenvalue weighted by Gasteiger charge is -2.06. The average molecular weight is 518 g/mol. The maximum atomic E-state index is 12.2. The summed E-state index contributed by atoms with van der Waals surface area (Å²) >= 11 is 0. The molecule has 0 saturated heterocycles. The summed E-state index contributed by atoms with van der Waals surface area (Å²) in [7, 11) is 0. The number of nitrogens with one attached hydrogen (secondary N) is 3. The minimum Gasteiger partial charge on any atom is -0.476 e. The Hall–Kier alpha value is -5.33. The third kappa shape index (κ3) is 7.34. The Morgan fingerprint density at radius 1 is 0.868 bits per heavy atom. The molecule has 4 N–H and O–H groups in total. The van der Waals surface area contributed by atoms with Crippen LogP contribution in [0.5, 0.6) is 0 Å². The van der Waals surface area contributed by atoms with E-state index < -0.39 is 5.97 Å². The van der Waals surface area contributed by atoms with Gasteiger partial charge in [-0.15, -0.1) is 5.10 Å². The van der Waals surface area contributed by atoms with Crippen LogP contribution in [-0.2, 0) is 27.5 Å². The van der Waals surface area contributed by atoms with Crippen LogP contribution < -0.4 is 16.0 Å². The lowest BCUT2D eigenvalue weighted by atomic mass is 10.1. The molecular formula is C25H23N7O6. The molecule has 13 nitrogen and oxygen atoms in total. The number of aromatic carboxylic acids is 1. The minimum absolute atomic E-state index is 0.0290. The van der Waals surface area contributed by atoms with Crippen LogP contribution in [0.4, 0.5) is 11.4 Å².